The monoisotopic (exact) mass is 424 g/mol. The minimum atomic E-state index is -0.678. The molecule has 2 amide bonds. The molecule has 0 saturated carbocycles. The Hall–Kier alpha value is -2.05. The molecule has 2 N–H and O–H groups in total. The van der Waals surface area contributed by atoms with Crippen molar-refractivity contribution in [1.82, 2.24) is 10.6 Å². The first kappa shape index (κ1) is 19.3. The maximum Gasteiger partial charge on any atom is 0.260 e. The number of nitrogens with one attached hydrogen (secondary N) is 2. The van der Waals surface area contributed by atoms with Crippen LogP contribution in [0.1, 0.15) is 17.3 Å². The molecule has 0 heterocycles. The first-order chi connectivity index (χ1) is 12.0. The second kappa shape index (κ2) is 9.44. The Labute approximate surface area is 159 Å². The summed E-state index contributed by atoms with van der Waals surface area (Å²) in [6.45, 7) is 2.29. The average Bonchev–Trinajstić information content (AvgIpc) is 2.61. The fourth-order valence-corrected chi connectivity index (χ4v) is 2.79. The van der Waals surface area contributed by atoms with Crippen molar-refractivity contribution in [2.24, 2.45) is 0 Å². The molecule has 7 heteroatoms. The summed E-state index contributed by atoms with van der Waals surface area (Å²) in [4.78, 5) is 23.9. The van der Waals surface area contributed by atoms with Crippen LogP contribution in [0.25, 0.3) is 0 Å². The molecule has 1 atom stereocenters. The Balaban J connectivity index is 1.73. The van der Waals surface area contributed by atoms with E-state index in [0.717, 1.165) is 0 Å². The highest BCUT2D eigenvalue weighted by molar-refractivity contribution is 9.10. The summed E-state index contributed by atoms with van der Waals surface area (Å²) in [7, 11) is 0. The Morgan fingerprint density at radius 2 is 1.80 bits per heavy atom. The minimum Gasteiger partial charge on any atom is -0.480 e. The van der Waals surface area contributed by atoms with Gasteiger partial charge < -0.3 is 15.4 Å². The van der Waals surface area contributed by atoms with Crippen molar-refractivity contribution in [2.75, 3.05) is 13.1 Å². The van der Waals surface area contributed by atoms with Crippen LogP contribution in [0.2, 0.25) is 5.02 Å². The molecule has 0 fully saturated rings. The second-order valence-corrected chi connectivity index (χ2v) is 6.54. The average molecular weight is 426 g/mol. The summed E-state index contributed by atoms with van der Waals surface area (Å²) >= 11 is 9.21. The van der Waals surface area contributed by atoms with Gasteiger partial charge in [-0.25, -0.2) is 0 Å². The summed E-state index contributed by atoms with van der Waals surface area (Å²) in [5.41, 5.74) is 0.582. The number of hydrogen-bond acceptors (Lipinski definition) is 3. The number of carbonyl (C=O) groups excluding carboxylic acids is 2. The topological polar surface area (TPSA) is 67.4 Å². The highest BCUT2D eigenvalue weighted by Crippen LogP contribution is 2.28. The Bertz CT molecular complexity index is 740. The van der Waals surface area contributed by atoms with Crippen molar-refractivity contribution in [3.63, 3.8) is 0 Å². The van der Waals surface area contributed by atoms with Crippen molar-refractivity contribution in [2.45, 2.75) is 13.0 Å². The molecule has 0 aliphatic heterocycles. The number of ether oxygens (including phenoxy) is 1. The van der Waals surface area contributed by atoms with Crippen molar-refractivity contribution in [3.8, 4) is 5.75 Å². The Kier molecular flexibility index (Phi) is 7.28. The van der Waals surface area contributed by atoms with Crippen molar-refractivity contribution in [3.05, 3.63) is 63.6 Å². The molecule has 2 rings (SSSR count). The van der Waals surface area contributed by atoms with Crippen molar-refractivity contribution in [1.29, 1.82) is 0 Å². The molecule has 5 nitrogen and oxygen atoms in total. The molecular weight excluding hydrogens is 408 g/mol. The van der Waals surface area contributed by atoms with E-state index < -0.39 is 6.10 Å². The normalized spacial score (nSPS) is 11.5. The van der Waals surface area contributed by atoms with E-state index in [9.17, 15) is 9.59 Å². The van der Waals surface area contributed by atoms with Gasteiger partial charge in [0.25, 0.3) is 11.8 Å². The molecule has 2 aromatic rings. The molecule has 2 aromatic carbocycles. The van der Waals surface area contributed by atoms with Gasteiger partial charge in [-0.2, -0.15) is 0 Å². The first-order valence-corrected chi connectivity index (χ1v) is 8.87. The minimum absolute atomic E-state index is 0.177. The molecule has 132 valence electrons. The second-order valence-electron chi connectivity index (χ2n) is 5.25. The lowest BCUT2D eigenvalue weighted by Gasteiger charge is -2.16. The number of halogens is 2. The smallest absolute Gasteiger partial charge is 0.260 e. The lowest BCUT2D eigenvalue weighted by atomic mass is 10.2. The van der Waals surface area contributed by atoms with Gasteiger partial charge in [-0.05, 0) is 53.2 Å². The lowest BCUT2D eigenvalue weighted by Crippen LogP contribution is -2.40. The van der Waals surface area contributed by atoms with Gasteiger partial charge in [0.2, 0.25) is 0 Å². The molecule has 0 bridgehead atoms. The van der Waals surface area contributed by atoms with Crippen LogP contribution >= 0.6 is 27.5 Å². The molecule has 0 unspecified atom stereocenters. The lowest BCUT2D eigenvalue weighted by molar-refractivity contribution is -0.127. The SMILES string of the molecule is C[C@H](Oc1ccc(Cl)cc1Br)C(=O)NCCNC(=O)c1ccccc1. The largest absolute Gasteiger partial charge is 0.480 e. The van der Waals surface area contributed by atoms with Gasteiger partial charge in [-0.15, -0.1) is 0 Å². The molecule has 0 saturated heterocycles. The number of rotatable bonds is 7. The van der Waals surface area contributed by atoms with Crippen LogP contribution in [0, 0.1) is 0 Å². The van der Waals surface area contributed by atoms with Crippen LogP contribution in [-0.4, -0.2) is 31.0 Å². The van der Waals surface area contributed by atoms with Crippen LogP contribution in [0.4, 0.5) is 0 Å². The highest BCUT2D eigenvalue weighted by Gasteiger charge is 2.15. The fourth-order valence-electron chi connectivity index (χ4n) is 2.01. The Morgan fingerprint density at radius 3 is 2.48 bits per heavy atom. The molecule has 0 spiro atoms. The van der Waals surface area contributed by atoms with Crippen LogP contribution in [0.3, 0.4) is 0 Å². The summed E-state index contributed by atoms with van der Waals surface area (Å²) in [5.74, 6) is 0.0875. The van der Waals surface area contributed by atoms with Crippen LogP contribution in [-0.2, 0) is 4.79 Å². The van der Waals surface area contributed by atoms with Gasteiger partial charge in [0.1, 0.15) is 5.75 Å². The van der Waals surface area contributed by atoms with Gasteiger partial charge in [0, 0.05) is 23.7 Å². The van der Waals surface area contributed by atoms with Gasteiger partial charge in [-0.1, -0.05) is 29.8 Å². The number of benzene rings is 2. The fraction of sp³-hybridized carbons (Fsp3) is 0.222. The summed E-state index contributed by atoms with van der Waals surface area (Å²) in [6.07, 6.45) is -0.678. The zero-order valence-electron chi connectivity index (χ0n) is 13.6. The summed E-state index contributed by atoms with van der Waals surface area (Å²) < 4.78 is 6.28. The van der Waals surface area contributed by atoms with Gasteiger partial charge in [-0.3, -0.25) is 9.59 Å². The van der Waals surface area contributed by atoms with E-state index in [4.69, 9.17) is 16.3 Å². The predicted octanol–water partition coefficient (Wildman–Crippen LogP) is 3.42. The molecule has 0 aliphatic carbocycles. The molecule has 25 heavy (non-hydrogen) atoms. The quantitative estimate of drug-likeness (QED) is 0.668. The third kappa shape index (κ3) is 6.07. The third-order valence-electron chi connectivity index (χ3n) is 3.31. The van der Waals surface area contributed by atoms with Gasteiger partial charge in [0.15, 0.2) is 6.10 Å². The number of amides is 2. The standard InChI is InChI=1S/C18H18BrClN2O3/c1-12(25-16-8-7-14(20)11-15(16)19)17(23)21-9-10-22-18(24)13-5-3-2-4-6-13/h2-8,11-12H,9-10H2,1H3,(H,21,23)(H,22,24)/t12-/m0/s1. The van der Waals surface area contributed by atoms with E-state index in [1.54, 1.807) is 49.4 Å². The molecule has 0 radical (unpaired) electrons. The number of carbonyl (C=O) groups is 2. The van der Waals surface area contributed by atoms with E-state index in [0.29, 0.717) is 33.9 Å². The first-order valence-electron chi connectivity index (χ1n) is 7.70. The van der Waals surface area contributed by atoms with E-state index in [-0.39, 0.29) is 11.8 Å². The predicted molar refractivity (Wildman–Crippen MR) is 101 cm³/mol. The van der Waals surface area contributed by atoms with Crippen molar-refractivity contribution >= 4 is 39.3 Å². The van der Waals surface area contributed by atoms with Gasteiger partial charge in [0.05, 0.1) is 4.47 Å². The van der Waals surface area contributed by atoms with Crippen LogP contribution in [0.5, 0.6) is 5.75 Å². The highest BCUT2D eigenvalue weighted by atomic mass is 79.9. The Morgan fingerprint density at radius 1 is 1.12 bits per heavy atom. The van der Waals surface area contributed by atoms with Gasteiger partial charge >= 0.3 is 0 Å². The summed E-state index contributed by atoms with van der Waals surface area (Å²) in [5, 5.41) is 6.04. The van der Waals surface area contributed by atoms with E-state index >= 15 is 0 Å². The van der Waals surface area contributed by atoms with E-state index in [1.807, 2.05) is 6.07 Å². The van der Waals surface area contributed by atoms with Crippen LogP contribution < -0.4 is 15.4 Å². The molecular formula is C18H18BrClN2O3. The zero-order valence-corrected chi connectivity index (χ0v) is 15.9. The maximum atomic E-state index is 12.1. The summed E-state index contributed by atoms with van der Waals surface area (Å²) in [6, 6.07) is 14.0. The van der Waals surface area contributed by atoms with E-state index in [2.05, 4.69) is 26.6 Å². The maximum absolute atomic E-state index is 12.1. The third-order valence-corrected chi connectivity index (χ3v) is 4.17. The molecule has 0 aliphatic rings. The van der Waals surface area contributed by atoms with Crippen LogP contribution in [0.15, 0.2) is 53.0 Å². The zero-order chi connectivity index (χ0) is 18.2. The van der Waals surface area contributed by atoms with Crippen molar-refractivity contribution < 1.29 is 14.3 Å². The molecule has 0 aromatic heterocycles. The number of hydrogen-bond donors (Lipinski definition) is 2. The van der Waals surface area contributed by atoms with E-state index in [1.165, 1.54) is 0 Å².